The van der Waals surface area contributed by atoms with E-state index in [1.807, 2.05) is 36.4 Å². The van der Waals surface area contributed by atoms with Crippen LogP contribution in [0.5, 0.6) is 11.5 Å². The smallest absolute Gasteiger partial charge is 0.259 e. The number of nitrogens with zero attached hydrogens (tertiary/aromatic N) is 2. The molecule has 0 atom stereocenters. The molecule has 128 valence electrons. The van der Waals surface area contributed by atoms with E-state index in [2.05, 4.69) is 10.4 Å². The Morgan fingerprint density at radius 3 is 2.68 bits per heavy atom. The van der Waals surface area contributed by atoms with Crippen molar-refractivity contribution in [3.63, 3.8) is 0 Å². The Morgan fingerprint density at radius 1 is 1.12 bits per heavy atom. The third kappa shape index (κ3) is 4.45. The molecular weight excluding hydrogens is 318 g/mol. The van der Waals surface area contributed by atoms with Gasteiger partial charge >= 0.3 is 0 Å². The molecule has 0 aliphatic rings. The van der Waals surface area contributed by atoms with Crippen molar-refractivity contribution in [3.05, 3.63) is 72.6 Å². The molecule has 0 spiro atoms. The van der Waals surface area contributed by atoms with Crippen molar-refractivity contribution < 1.29 is 14.3 Å². The van der Waals surface area contributed by atoms with Gasteiger partial charge < -0.3 is 14.8 Å². The molecule has 6 nitrogen and oxygen atoms in total. The Kier molecular flexibility index (Phi) is 5.43. The van der Waals surface area contributed by atoms with Crippen molar-refractivity contribution in [1.82, 2.24) is 9.78 Å². The van der Waals surface area contributed by atoms with Gasteiger partial charge in [-0.15, -0.1) is 0 Å². The first-order valence-electron chi connectivity index (χ1n) is 7.91. The molecule has 0 aliphatic carbocycles. The summed E-state index contributed by atoms with van der Waals surface area (Å²) in [6.07, 6.45) is 3.37. The molecule has 1 heterocycles. The molecule has 3 rings (SSSR count). The van der Waals surface area contributed by atoms with Gasteiger partial charge in [-0.1, -0.05) is 30.3 Å². The van der Waals surface area contributed by atoms with Crippen molar-refractivity contribution >= 4 is 11.6 Å². The van der Waals surface area contributed by atoms with E-state index in [0.29, 0.717) is 35.9 Å². The van der Waals surface area contributed by atoms with E-state index in [0.717, 1.165) is 0 Å². The zero-order chi connectivity index (χ0) is 17.5. The number of methoxy groups -OCH3 is 1. The van der Waals surface area contributed by atoms with Gasteiger partial charge in [-0.3, -0.25) is 9.48 Å². The van der Waals surface area contributed by atoms with Crippen LogP contribution in [0.1, 0.15) is 10.4 Å². The van der Waals surface area contributed by atoms with E-state index >= 15 is 0 Å². The number of anilines is 1. The summed E-state index contributed by atoms with van der Waals surface area (Å²) in [6.45, 7) is 1.18. The molecule has 2 aromatic carbocycles. The first-order valence-corrected chi connectivity index (χ1v) is 7.91. The summed E-state index contributed by atoms with van der Waals surface area (Å²) in [5.41, 5.74) is 1.08. The van der Waals surface area contributed by atoms with Gasteiger partial charge in [0.15, 0.2) is 0 Å². The quantitative estimate of drug-likeness (QED) is 0.716. The van der Waals surface area contributed by atoms with Crippen LogP contribution in [0.3, 0.4) is 0 Å². The number of nitrogens with one attached hydrogen (secondary N) is 1. The maximum absolute atomic E-state index is 12.6. The molecule has 0 aliphatic heterocycles. The highest BCUT2D eigenvalue weighted by atomic mass is 16.5. The highest BCUT2D eigenvalue weighted by molar-refractivity contribution is 6.06. The largest absolute Gasteiger partial charge is 0.457 e. The fraction of sp³-hybridized carbons (Fsp3) is 0.158. The minimum absolute atomic E-state index is 0.252. The van der Waals surface area contributed by atoms with Crippen molar-refractivity contribution in [1.29, 1.82) is 0 Å². The molecule has 0 unspecified atom stereocenters. The molecule has 25 heavy (non-hydrogen) atoms. The summed E-state index contributed by atoms with van der Waals surface area (Å²) in [7, 11) is 1.63. The van der Waals surface area contributed by atoms with Crippen LogP contribution in [0.4, 0.5) is 5.69 Å². The molecule has 3 aromatic rings. The predicted molar refractivity (Wildman–Crippen MR) is 95.0 cm³/mol. The van der Waals surface area contributed by atoms with Crippen LogP contribution in [-0.2, 0) is 11.3 Å². The summed E-state index contributed by atoms with van der Waals surface area (Å²) in [5.74, 6) is 0.922. The number of hydrogen-bond acceptors (Lipinski definition) is 4. The van der Waals surface area contributed by atoms with Crippen LogP contribution in [0.15, 0.2) is 67.0 Å². The molecule has 1 amide bonds. The summed E-state index contributed by atoms with van der Waals surface area (Å²) >= 11 is 0. The third-order valence-electron chi connectivity index (χ3n) is 3.52. The lowest BCUT2D eigenvalue weighted by Crippen LogP contribution is -2.12. The first-order chi connectivity index (χ1) is 12.3. The van der Waals surface area contributed by atoms with E-state index in [1.165, 1.54) is 0 Å². The maximum atomic E-state index is 12.6. The zero-order valence-corrected chi connectivity index (χ0v) is 13.9. The summed E-state index contributed by atoms with van der Waals surface area (Å²) in [5, 5.41) is 7.02. The summed E-state index contributed by atoms with van der Waals surface area (Å²) in [4.78, 5) is 12.6. The Hall–Kier alpha value is -3.12. The Labute approximate surface area is 146 Å². The Bertz CT molecular complexity index is 831. The number of rotatable bonds is 7. The fourth-order valence-electron chi connectivity index (χ4n) is 2.29. The molecule has 6 heteroatoms. The molecule has 0 radical (unpaired) electrons. The Balaban J connectivity index is 1.73. The maximum Gasteiger partial charge on any atom is 0.259 e. The van der Waals surface area contributed by atoms with Gasteiger partial charge in [-0.05, 0) is 24.3 Å². The number of benzene rings is 2. The number of para-hydroxylation sites is 2. The molecule has 0 saturated carbocycles. The second-order valence-corrected chi connectivity index (χ2v) is 5.35. The SMILES string of the molecule is COCCn1cc(NC(=O)c2ccccc2Oc2ccccc2)cn1. The minimum Gasteiger partial charge on any atom is -0.457 e. The number of ether oxygens (including phenoxy) is 2. The van der Waals surface area contributed by atoms with Crippen molar-refractivity contribution in [2.45, 2.75) is 6.54 Å². The van der Waals surface area contributed by atoms with E-state index in [-0.39, 0.29) is 5.91 Å². The monoisotopic (exact) mass is 337 g/mol. The normalized spacial score (nSPS) is 10.4. The van der Waals surface area contributed by atoms with Crippen LogP contribution in [0.25, 0.3) is 0 Å². The number of carbonyl (C=O) groups is 1. The van der Waals surface area contributed by atoms with E-state index in [1.54, 1.807) is 42.4 Å². The first kappa shape index (κ1) is 16.7. The number of hydrogen-bond donors (Lipinski definition) is 1. The molecule has 0 bridgehead atoms. The Morgan fingerprint density at radius 2 is 1.88 bits per heavy atom. The van der Waals surface area contributed by atoms with Gasteiger partial charge in [0.2, 0.25) is 0 Å². The van der Waals surface area contributed by atoms with Crippen molar-refractivity contribution in [3.8, 4) is 11.5 Å². The molecule has 0 saturated heterocycles. The lowest BCUT2D eigenvalue weighted by atomic mass is 10.2. The van der Waals surface area contributed by atoms with Gasteiger partial charge in [-0.25, -0.2) is 0 Å². The van der Waals surface area contributed by atoms with E-state index in [9.17, 15) is 4.79 Å². The molecular formula is C19H19N3O3. The van der Waals surface area contributed by atoms with Gasteiger partial charge in [0.25, 0.3) is 5.91 Å². The summed E-state index contributed by atoms with van der Waals surface area (Å²) in [6, 6.07) is 16.5. The van der Waals surface area contributed by atoms with Crippen LogP contribution < -0.4 is 10.1 Å². The molecule has 1 N–H and O–H groups in total. The van der Waals surface area contributed by atoms with Crippen LogP contribution in [0, 0.1) is 0 Å². The lowest BCUT2D eigenvalue weighted by Gasteiger charge is -2.10. The minimum atomic E-state index is -0.252. The zero-order valence-electron chi connectivity index (χ0n) is 13.9. The van der Waals surface area contributed by atoms with Crippen LogP contribution in [0.2, 0.25) is 0 Å². The van der Waals surface area contributed by atoms with E-state index < -0.39 is 0 Å². The average Bonchev–Trinajstić information content (AvgIpc) is 3.08. The predicted octanol–water partition coefficient (Wildman–Crippen LogP) is 3.57. The molecule has 1 aromatic heterocycles. The fourth-order valence-corrected chi connectivity index (χ4v) is 2.29. The van der Waals surface area contributed by atoms with Gasteiger partial charge in [0.05, 0.1) is 30.6 Å². The highest BCUT2D eigenvalue weighted by Gasteiger charge is 2.14. The van der Waals surface area contributed by atoms with E-state index in [4.69, 9.17) is 9.47 Å². The average molecular weight is 337 g/mol. The van der Waals surface area contributed by atoms with Crippen LogP contribution >= 0.6 is 0 Å². The molecule has 0 fully saturated rings. The van der Waals surface area contributed by atoms with Crippen molar-refractivity contribution in [2.75, 3.05) is 19.0 Å². The summed E-state index contributed by atoms with van der Waals surface area (Å²) < 4.78 is 12.6. The number of amides is 1. The van der Waals surface area contributed by atoms with Gasteiger partial charge in [0, 0.05) is 13.3 Å². The number of carbonyl (C=O) groups excluding carboxylic acids is 1. The number of aromatic nitrogens is 2. The topological polar surface area (TPSA) is 65.4 Å². The third-order valence-corrected chi connectivity index (χ3v) is 3.52. The van der Waals surface area contributed by atoms with Gasteiger partial charge in [0.1, 0.15) is 11.5 Å². The van der Waals surface area contributed by atoms with Crippen molar-refractivity contribution in [2.24, 2.45) is 0 Å². The van der Waals surface area contributed by atoms with Gasteiger partial charge in [-0.2, -0.15) is 5.10 Å². The second kappa shape index (κ2) is 8.12. The standard InChI is InChI=1S/C19H19N3O3/c1-24-12-11-22-14-15(13-20-22)21-19(23)17-9-5-6-10-18(17)25-16-7-3-2-4-8-16/h2-10,13-14H,11-12H2,1H3,(H,21,23). The lowest BCUT2D eigenvalue weighted by molar-refractivity contribution is 0.102. The highest BCUT2D eigenvalue weighted by Crippen LogP contribution is 2.25. The second-order valence-electron chi connectivity index (χ2n) is 5.35. The van der Waals surface area contributed by atoms with Crippen LogP contribution in [-0.4, -0.2) is 29.4 Å².